The van der Waals surface area contributed by atoms with Gasteiger partial charge in [0, 0.05) is 32.2 Å². The third-order valence-electron chi connectivity index (χ3n) is 4.44. The molecular weight excluding hydrogens is 367 g/mol. The maximum atomic E-state index is 13.4. The summed E-state index contributed by atoms with van der Waals surface area (Å²) in [6, 6.07) is 10.6. The first-order chi connectivity index (χ1) is 12.7. The van der Waals surface area contributed by atoms with Gasteiger partial charge in [-0.1, -0.05) is 32.0 Å². The van der Waals surface area contributed by atoms with Crippen LogP contribution in [0.1, 0.15) is 35.3 Å². The average Bonchev–Trinajstić information content (AvgIpc) is 2.62. The molecule has 0 bridgehead atoms. The molecule has 2 aromatic rings. The number of hydrogen-bond acceptors (Lipinski definition) is 3. The van der Waals surface area contributed by atoms with Crippen LogP contribution in [-0.2, 0) is 16.6 Å². The fraction of sp³-hybridized carbons (Fsp3) is 0.350. The summed E-state index contributed by atoms with van der Waals surface area (Å²) in [6.07, 6.45) is 0. The van der Waals surface area contributed by atoms with Gasteiger partial charge >= 0.3 is 0 Å². The van der Waals surface area contributed by atoms with Gasteiger partial charge in [-0.25, -0.2) is 12.8 Å². The van der Waals surface area contributed by atoms with Gasteiger partial charge in [0.25, 0.3) is 5.91 Å². The molecule has 0 unspecified atom stereocenters. The zero-order valence-corrected chi connectivity index (χ0v) is 16.9. The lowest BCUT2D eigenvalue weighted by molar-refractivity contribution is 0.0784. The van der Waals surface area contributed by atoms with Crippen molar-refractivity contribution in [2.24, 2.45) is 0 Å². The van der Waals surface area contributed by atoms with Gasteiger partial charge in [-0.2, -0.15) is 4.31 Å². The Balaban J connectivity index is 2.33. The van der Waals surface area contributed by atoms with Crippen molar-refractivity contribution in [3.8, 4) is 0 Å². The Labute approximate surface area is 160 Å². The van der Waals surface area contributed by atoms with E-state index in [1.54, 1.807) is 46.0 Å². The van der Waals surface area contributed by atoms with E-state index in [-0.39, 0.29) is 23.2 Å². The minimum atomic E-state index is -3.65. The first-order valence-electron chi connectivity index (χ1n) is 8.81. The Hall–Kier alpha value is -2.25. The molecule has 7 heteroatoms. The third kappa shape index (κ3) is 4.73. The van der Waals surface area contributed by atoms with Crippen molar-refractivity contribution in [1.29, 1.82) is 0 Å². The minimum Gasteiger partial charge on any atom is -0.337 e. The Bertz CT molecular complexity index is 925. The molecular formula is C20H25FN2O3S. The zero-order chi connectivity index (χ0) is 20.2. The Kier molecular flexibility index (Phi) is 6.73. The second-order valence-corrected chi connectivity index (χ2v) is 8.30. The number of nitrogens with zero attached hydrogens (tertiary/aromatic N) is 2. The molecule has 0 atom stereocenters. The van der Waals surface area contributed by atoms with Gasteiger partial charge in [0.1, 0.15) is 5.82 Å². The molecule has 5 nitrogen and oxygen atoms in total. The molecule has 0 aliphatic carbocycles. The maximum Gasteiger partial charge on any atom is 0.254 e. The van der Waals surface area contributed by atoms with Crippen LogP contribution in [0.4, 0.5) is 4.39 Å². The second kappa shape index (κ2) is 8.63. The van der Waals surface area contributed by atoms with Gasteiger partial charge in [-0.15, -0.1) is 0 Å². The molecule has 1 amide bonds. The highest BCUT2D eigenvalue weighted by atomic mass is 32.2. The lowest BCUT2D eigenvalue weighted by Gasteiger charge is -2.21. The van der Waals surface area contributed by atoms with E-state index in [0.717, 1.165) is 0 Å². The van der Waals surface area contributed by atoms with Crippen molar-refractivity contribution in [2.75, 3.05) is 20.1 Å². The minimum absolute atomic E-state index is 0.0966. The fourth-order valence-corrected chi connectivity index (χ4v) is 4.38. The number of carbonyl (C=O) groups excluding carboxylic acids is 1. The number of halogens is 1. The van der Waals surface area contributed by atoms with Crippen LogP contribution in [0, 0.1) is 12.7 Å². The summed E-state index contributed by atoms with van der Waals surface area (Å²) in [7, 11) is -2.04. The number of aryl methyl sites for hydroxylation is 1. The summed E-state index contributed by atoms with van der Waals surface area (Å²) in [5, 5.41) is 0. The Morgan fingerprint density at radius 3 is 2.33 bits per heavy atom. The van der Waals surface area contributed by atoms with Crippen molar-refractivity contribution < 1.29 is 17.6 Å². The van der Waals surface area contributed by atoms with E-state index < -0.39 is 10.0 Å². The quantitative estimate of drug-likeness (QED) is 0.725. The predicted octanol–water partition coefficient (Wildman–Crippen LogP) is 3.44. The number of hydrogen-bond donors (Lipinski definition) is 0. The first-order valence-corrected chi connectivity index (χ1v) is 10.2. The van der Waals surface area contributed by atoms with E-state index in [0.29, 0.717) is 29.8 Å². The number of rotatable bonds is 7. The van der Waals surface area contributed by atoms with E-state index >= 15 is 0 Å². The normalized spacial score (nSPS) is 11.6. The summed E-state index contributed by atoms with van der Waals surface area (Å²) in [5.41, 5.74) is 1.67. The van der Waals surface area contributed by atoms with Gasteiger partial charge in [0.15, 0.2) is 0 Å². The van der Waals surface area contributed by atoms with Crippen LogP contribution in [0.5, 0.6) is 0 Å². The van der Waals surface area contributed by atoms with Crippen molar-refractivity contribution in [3.63, 3.8) is 0 Å². The number of amides is 1. The molecule has 2 aromatic carbocycles. The summed E-state index contributed by atoms with van der Waals surface area (Å²) in [5.74, 6) is -0.676. The van der Waals surface area contributed by atoms with Crippen LogP contribution in [0.2, 0.25) is 0 Å². The predicted molar refractivity (Wildman–Crippen MR) is 103 cm³/mol. The van der Waals surface area contributed by atoms with Crippen LogP contribution in [0.25, 0.3) is 0 Å². The highest BCUT2D eigenvalue weighted by Gasteiger charge is 2.24. The van der Waals surface area contributed by atoms with Gasteiger partial charge in [0.05, 0.1) is 4.90 Å². The molecule has 2 rings (SSSR count). The standard InChI is InChI=1S/C20H25FN2O3S/c1-5-23(6-2)27(25,26)18-11-10-15(3)19(13-18)20(24)22(4)14-16-8-7-9-17(21)12-16/h7-13H,5-6,14H2,1-4H3. The van der Waals surface area contributed by atoms with Crippen LogP contribution in [-0.4, -0.2) is 43.7 Å². The number of benzene rings is 2. The van der Waals surface area contributed by atoms with Crippen LogP contribution in [0.15, 0.2) is 47.4 Å². The molecule has 0 saturated carbocycles. The largest absolute Gasteiger partial charge is 0.337 e. The zero-order valence-electron chi connectivity index (χ0n) is 16.1. The molecule has 0 fully saturated rings. The molecule has 0 radical (unpaired) electrons. The Morgan fingerprint density at radius 2 is 1.74 bits per heavy atom. The van der Waals surface area contributed by atoms with Gasteiger partial charge in [-0.05, 0) is 42.3 Å². The van der Waals surface area contributed by atoms with E-state index in [1.165, 1.54) is 33.5 Å². The average molecular weight is 392 g/mol. The van der Waals surface area contributed by atoms with Crippen molar-refractivity contribution in [1.82, 2.24) is 9.21 Å². The summed E-state index contributed by atoms with van der Waals surface area (Å²) in [4.78, 5) is 14.4. The summed E-state index contributed by atoms with van der Waals surface area (Å²) >= 11 is 0. The molecule has 0 saturated heterocycles. The van der Waals surface area contributed by atoms with Crippen LogP contribution in [0.3, 0.4) is 0 Å². The topological polar surface area (TPSA) is 57.7 Å². The highest BCUT2D eigenvalue weighted by Crippen LogP contribution is 2.21. The fourth-order valence-electron chi connectivity index (χ4n) is 2.89. The van der Waals surface area contributed by atoms with Crippen LogP contribution >= 0.6 is 0 Å². The molecule has 0 N–H and O–H groups in total. The van der Waals surface area contributed by atoms with E-state index in [2.05, 4.69) is 0 Å². The lowest BCUT2D eigenvalue weighted by atomic mass is 10.1. The van der Waals surface area contributed by atoms with Gasteiger partial charge in [0.2, 0.25) is 10.0 Å². The van der Waals surface area contributed by atoms with Gasteiger partial charge in [-0.3, -0.25) is 4.79 Å². The summed E-state index contributed by atoms with van der Waals surface area (Å²) in [6.45, 7) is 6.24. The molecule has 0 aromatic heterocycles. The van der Waals surface area contributed by atoms with Crippen LogP contribution < -0.4 is 0 Å². The van der Waals surface area contributed by atoms with E-state index in [9.17, 15) is 17.6 Å². The number of sulfonamides is 1. The maximum absolute atomic E-state index is 13.4. The molecule has 0 heterocycles. The second-order valence-electron chi connectivity index (χ2n) is 6.36. The lowest BCUT2D eigenvalue weighted by Crippen LogP contribution is -2.31. The van der Waals surface area contributed by atoms with Crippen molar-refractivity contribution >= 4 is 15.9 Å². The first kappa shape index (κ1) is 21.1. The molecule has 27 heavy (non-hydrogen) atoms. The molecule has 0 aliphatic rings. The SMILES string of the molecule is CCN(CC)S(=O)(=O)c1ccc(C)c(C(=O)N(C)Cc2cccc(F)c2)c1. The van der Waals surface area contributed by atoms with Gasteiger partial charge < -0.3 is 4.90 Å². The smallest absolute Gasteiger partial charge is 0.254 e. The van der Waals surface area contributed by atoms with E-state index in [1.807, 2.05) is 0 Å². The van der Waals surface area contributed by atoms with Crippen molar-refractivity contribution in [2.45, 2.75) is 32.2 Å². The molecule has 0 aliphatic heterocycles. The van der Waals surface area contributed by atoms with E-state index in [4.69, 9.17) is 0 Å². The highest BCUT2D eigenvalue weighted by molar-refractivity contribution is 7.89. The van der Waals surface area contributed by atoms with Crippen molar-refractivity contribution in [3.05, 3.63) is 65.0 Å². The number of carbonyl (C=O) groups is 1. The monoisotopic (exact) mass is 392 g/mol. The third-order valence-corrected chi connectivity index (χ3v) is 6.48. The molecule has 146 valence electrons. The molecule has 0 spiro atoms. The summed E-state index contributed by atoms with van der Waals surface area (Å²) < 4.78 is 40.2. The Morgan fingerprint density at radius 1 is 1.07 bits per heavy atom.